The molecule has 0 fully saturated rings. The van der Waals surface area contributed by atoms with Crippen molar-refractivity contribution in [2.24, 2.45) is 0 Å². The Kier molecular flexibility index (Phi) is 6.08. The number of fused-ring (bicyclic) bond motifs is 1. The second kappa shape index (κ2) is 7.33. The molecule has 1 atom stereocenters. The minimum Gasteiger partial charge on any atom is -0.548 e. The van der Waals surface area contributed by atoms with Crippen molar-refractivity contribution in [2.75, 3.05) is 0 Å². The second-order valence-electron chi connectivity index (χ2n) is 4.96. The van der Waals surface area contributed by atoms with Gasteiger partial charge in [-0.2, -0.15) is 0 Å². The van der Waals surface area contributed by atoms with E-state index in [9.17, 15) is 19.5 Å². The van der Waals surface area contributed by atoms with Crippen LogP contribution in [-0.4, -0.2) is 28.7 Å². The third-order valence-electron chi connectivity index (χ3n) is 3.55. The summed E-state index contributed by atoms with van der Waals surface area (Å²) in [6, 6.07) is -1.28. The van der Waals surface area contributed by atoms with Gasteiger partial charge in [-0.3, -0.25) is 14.5 Å². The predicted octanol–water partition coefficient (Wildman–Crippen LogP) is 3.64. The Morgan fingerprint density at radius 3 is 1.78 bits per heavy atom. The van der Waals surface area contributed by atoms with E-state index < -0.39 is 23.8 Å². The number of carboxylic acids is 1. The van der Waals surface area contributed by atoms with Gasteiger partial charge in [-0.25, -0.2) is 0 Å². The Morgan fingerprint density at radius 2 is 1.43 bits per heavy atom. The number of rotatable bonds is 5. The number of nitrogens with zero attached hydrogens (tertiary/aromatic N) is 1. The monoisotopic (exact) mass is 572 g/mol. The highest BCUT2D eigenvalue weighted by Crippen LogP contribution is 2.45. The van der Waals surface area contributed by atoms with Gasteiger partial charge < -0.3 is 9.90 Å². The van der Waals surface area contributed by atoms with Crippen molar-refractivity contribution in [1.82, 2.24) is 4.90 Å². The van der Waals surface area contributed by atoms with Crippen LogP contribution in [0, 0.1) is 0 Å². The number of unbranched alkanes of at least 4 members (excludes halogenated alkanes) is 1. The Balaban J connectivity index is 2.59. The zero-order chi connectivity index (χ0) is 17.5. The first kappa shape index (κ1) is 19.1. The van der Waals surface area contributed by atoms with E-state index >= 15 is 0 Å². The Morgan fingerprint density at radius 1 is 1.00 bits per heavy atom. The minimum atomic E-state index is -1.43. The summed E-state index contributed by atoms with van der Waals surface area (Å²) in [6.45, 7) is 1.90. The third kappa shape index (κ3) is 3.17. The lowest BCUT2D eigenvalue weighted by atomic mass is 10.1. The first-order valence-corrected chi connectivity index (χ1v) is 9.85. The minimum absolute atomic E-state index is 0.139. The van der Waals surface area contributed by atoms with Crippen molar-refractivity contribution in [3.8, 4) is 0 Å². The molecule has 0 spiro atoms. The van der Waals surface area contributed by atoms with Crippen LogP contribution in [0.15, 0.2) is 17.9 Å². The number of hydrogen-bond donors (Lipinski definition) is 0. The topological polar surface area (TPSA) is 77.5 Å². The van der Waals surface area contributed by atoms with E-state index in [0.29, 0.717) is 24.3 Å². The number of benzene rings is 1. The van der Waals surface area contributed by atoms with E-state index in [4.69, 9.17) is 0 Å². The van der Waals surface area contributed by atoms with E-state index in [1.807, 2.05) is 6.92 Å². The average molecular weight is 576 g/mol. The molecule has 5 nitrogen and oxygen atoms in total. The number of halogens is 4. The zero-order valence-electron chi connectivity index (χ0n) is 11.8. The fraction of sp³-hybridized carbons (Fsp3) is 0.357. The SMILES string of the molecule is CCCCC(C(=O)[O-])N1C(=O)c2c(Br)c(Br)c(Br)c(Br)c2C1=O. The molecule has 0 aliphatic carbocycles. The molecule has 2 rings (SSSR count). The van der Waals surface area contributed by atoms with Crippen molar-refractivity contribution in [3.05, 3.63) is 29.0 Å². The van der Waals surface area contributed by atoms with Gasteiger partial charge in [-0.05, 0) is 70.1 Å². The molecule has 1 unspecified atom stereocenters. The standard InChI is InChI=1S/C14H11Br4NO4/c1-2-3-4-5(14(22)23)19-12(20)6-7(13(19)21)9(16)11(18)10(17)8(6)15/h5H,2-4H2,1H3,(H,22,23)/p-1. The Hall–Kier alpha value is -0.250. The normalized spacial score (nSPS) is 15.1. The van der Waals surface area contributed by atoms with E-state index in [1.54, 1.807) is 0 Å². The zero-order valence-corrected chi connectivity index (χ0v) is 18.1. The molecule has 2 amide bonds. The molecular weight excluding hydrogens is 566 g/mol. The average Bonchev–Trinajstić information content (AvgIpc) is 2.75. The van der Waals surface area contributed by atoms with E-state index in [2.05, 4.69) is 63.7 Å². The number of carboxylic acid groups (broad SMARTS) is 1. The Labute approximate surface area is 166 Å². The second-order valence-corrected chi connectivity index (χ2v) is 8.14. The van der Waals surface area contributed by atoms with E-state index in [1.165, 1.54) is 0 Å². The molecule has 0 saturated carbocycles. The summed E-state index contributed by atoms with van der Waals surface area (Å²) < 4.78 is 1.92. The van der Waals surface area contributed by atoms with Gasteiger partial charge in [0.1, 0.15) is 0 Å². The summed E-state index contributed by atoms with van der Waals surface area (Å²) in [5.41, 5.74) is 0.277. The van der Waals surface area contributed by atoms with Crippen LogP contribution in [0.25, 0.3) is 0 Å². The lowest BCUT2D eigenvalue weighted by molar-refractivity contribution is -0.310. The van der Waals surface area contributed by atoms with Crippen LogP contribution in [0.3, 0.4) is 0 Å². The number of imide groups is 1. The smallest absolute Gasteiger partial charge is 0.263 e. The quantitative estimate of drug-likeness (QED) is 0.305. The van der Waals surface area contributed by atoms with Gasteiger partial charge in [0.25, 0.3) is 11.8 Å². The molecule has 0 bridgehead atoms. The van der Waals surface area contributed by atoms with Crippen LogP contribution in [-0.2, 0) is 4.79 Å². The van der Waals surface area contributed by atoms with Crippen LogP contribution in [0.4, 0.5) is 0 Å². The van der Waals surface area contributed by atoms with Gasteiger partial charge in [0.05, 0.1) is 23.1 Å². The summed E-state index contributed by atoms with van der Waals surface area (Å²) >= 11 is 13.2. The molecule has 0 saturated heterocycles. The maximum atomic E-state index is 12.7. The highest BCUT2D eigenvalue weighted by Gasteiger charge is 2.44. The summed E-state index contributed by atoms with van der Waals surface area (Å²) in [5, 5.41) is 11.4. The van der Waals surface area contributed by atoms with Crippen molar-refractivity contribution >= 4 is 81.5 Å². The molecule has 1 aliphatic rings. The maximum Gasteiger partial charge on any atom is 0.263 e. The number of carbonyl (C=O) groups is 3. The third-order valence-corrected chi connectivity index (χ3v) is 8.32. The molecule has 0 N–H and O–H groups in total. The van der Waals surface area contributed by atoms with Crippen LogP contribution in [0.2, 0.25) is 0 Å². The van der Waals surface area contributed by atoms with E-state index in [0.717, 1.165) is 11.3 Å². The molecule has 1 aromatic rings. The fourth-order valence-electron chi connectivity index (χ4n) is 2.40. The molecule has 0 aromatic heterocycles. The summed E-state index contributed by atoms with van der Waals surface area (Å²) in [5.74, 6) is -2.72. The molecule has 1 aromatic carbocycles. The summed E-state index contributed by atoms with van der Waals surface area (Å²) in [7, 11) is 0. The molecular formula is C14H10Br4NO4-. The van der Waals surface area contributed by atoms with Crippen LogP contribution in [0.1, 0.15) is 46.9 Å². The van der Waals surface area contributed by atoms with Gasteiger partial charge in [0.15, 0.2) is 0 Å². The van der Waals surface area contributed by atoms with Gasteiger partial charge in [-0.15, -0.1) is 0 Å². The van der Waals surface area contributed by atoms with Crippen molar-refractivity contribution < 1.29 is 19.5 Å². The molecule has 124 valence electrons. The van der Waals surface area contributed by atoms with Gasteiger partial charge in [-0.1, -0.05) is 19.8 Å². The van der Waals surface area contributed by atoms with E-state index in [-0.39, 0.29) is 17.5 Å². The first-order chi connectivity index (χ1) is 10.7. The predicted molar refractivity (Wildman–Crippen MR) is 96.1 cm³/mol. The van der Waals surface area contributed by atoms with Crippen LogP contribution < -0.4 is 5.11 Å². The summed E-state index contributed by atoms with van der Waals surface area (Å²) in [4.78, 5) is 37.6. The number of amides is 2. The van der Waals surface area contributed by atoms with Crippen molar-refractivity contribution in [3.63, 3.8) is 0 Å². The van der Waals surface area contributed by atoms with Gasteiger partial charge in [0, 0.05) is 17.9 Å². The van der Waals surface area contributed by atoms with Crippen LogP contribution in [0.5, 0.6) is 0 Å². The maximum absolute atomic E-state index is 12.7. The molecule has 23 heavy (non-hydrogen) atoms. The Bertz CT molecular complexity index is 672. The largest absolute Gasteiger partial charge is 0.548 e. The number of carbonyl (C=O) groups excluding carboxylic acids is 3. The molecule has 9 heteroatoms. The highest BCUT2D eigenvalue weighted by atomic mass is 79.9. The van der Waals surface area contributed by atoms with Crippen LogP contribution >= 0.6 is 63.7 Å². The highest BCUT2D eigenvalue weighted by molar-refractivity contribution is 9.15. The van der Waals surface area contributed by atoms with Gasteiger partial charge in [0.2, 0.25) is 0 Å². The van der Waals surface area contributed by atoms with Crippen molar-refractivity contribution in [1.29, 1.82) is 0 Å². The van der Waals surface area contributed by atoms with Gasteiger partial charge >= 0.3 is 0 Å². The number of aliphatic carboxylic acids is 1. The fourth-order valence-corrected chi connectivity index (χ4v) is 4.86. The molecule has 0 radical (unpaired) electrons. The summed E-state index contributed by atoms with van der Waals surface area (Å²) in [6.07, 6.45) is 1.49. The lowest BCUT2D eigenvalue weighted by Crippen LogP contribution is -2.50. The molecule has 1 aliphatic heterocycles. The van der Waals surface area contributed by atoms with Crippen molar-refractivity contribution in [2.45, 2.75) is 32.2 Å². The number of hydrogen-bond acceptors (Lipinski definition) is 4. The lowest BCUT2D eigenvalue weighted by Gasteiger charge is -2.26. The first-order valence-electron chi connectivity index (χ1n) is 6.68. The molecule has 1 heterocycles.